The molecule has 0 aliphatic carbocycles. The summed E-state index contributed by atoms with van der Waals surface area (Å²) in [7, 11) is 0. The Labute approximate surface area is 102 Å². The van der Waals surface area contributed by atoms with Crippen molar-refractivity contribution in [2.75, 3.05) is 26.2 Å². The fraction of sp³-hybridized carbons (Fsp3) is 0.615. The number of nitrogens with one attached hydrogen (secondary N) is 2. The summed E-state index contributed by atoms with van der Waals surface area (Å²) >= 11 is 0. The molecule has 1 aromatic rings. The number of aromatic nitrogens is 1. The van der Waals surface area contributed by atoms with E-state index in [0.717, 1.165) is 11.8 Å². The van der Waals surface area contributed by atoms with Gasteiger partial charge in [0.25, 0.3) is 0 Å². The van der Waals surface area contributed by atoms with Crippen LogP contribution >= 0.6 is 0 Å². The van der Waals surface area contributed by atoms with Crippen LogP contribution in [0.25, 0.3) is 0 Å². The fourth-order valence-electron chi connectivity index (χ4n) is 3.15. The highest BCUT2D eigenvalue weighted by molar-refractivity contribution is 4.96. The van der Waals surface area contributed by atoms with E-state index in [-0.39, 0.29) is 0 Å². The summed E-state index contributed by atoms with van der Waals surface area (Å²) in [5.41, 5.74) is 0.593. The van der Waals surface area contributed by atoms with Crippen LogP contribution in [0.15, 0.2) is 24.4 Å². The van der Waals surface area contributed by atoms with Gasteiger partial charge in [0.05, 0.1) is 6.17 Å². The molecular formula is C13H20N4. The van der Waals surface area contributed by atoms with Crippen LogP contribution in [-0.4, -0.2) is 35.6 Å². The molecule has 3 rings (SSSR count). The minimum Gasteiger partial charge on any atom is -0.318 e. The van der Waals surface area contributed by atoms with Crippen LogP contribution in [0.1, 0.15) is 13.1 Å². The second-order valence-electron chi connectivity index (χ2n) is 5.26. The van der Waals surface area contributed by atoms with Crippen LogP contribution in [0.4, 0.5) is 0 Å². The van der Waals surface area contributed by atoms with Crippen LogP contribution in [0.5, 0.6) is 0 Å². The van der Waals surface area contributed by atoms with E-state index >= 15 is 0 Å². The van der Waals surface area contributed by atoms with Crippen LogP contribution < -0.4 is 10.8 Å². The SMILES string of the molecule is CC(N1CC2CNCC2C1)n1ccccc1=N. The maximum Gasteiger partial charge on any atom is 0.125 e. The first-order chi connectivity index (χ1) is 8.25. The first-order valence-corrected chi connectivity index (χ1v) is 6.42. The normalized spacial score (nSPS) is 30.4. The molecule has 0 radical (unpaired) electrons. The number of hydrogen-bond donors (Lipinski definition) is 2. The molecule has 3 heterocycles. The molecule has 2 fully saturated rings. The molecule has 2 aliphatic rings. The van der Waals surface area contributed by atoms with Crippen molar-refractivity contribution in [3.05, 3.63) is 29.9 Å². The Bertz CT molecular complexity index is 441. The van der Waals surface area contributed by atoms with Crippen LogP contribution in [0.2, 0.25) is 0 Å². The van der Waals surface area contributed by atoms with Gasteiger partial charge in [-0.15, -0.1) is 0 Å². The predicted octanol–water partition coefficient (Wildman–Crippen LogP) is 0.637. The highest BCUT2D eigenvalue weighted by Gasteiger charge is 2.37. The number of fused-ring (bicyclic) bond motifs is 1. The zero-order chi connectivity index (χ0) is 11.8. The van der Waals surface area contributed by atoms with E-state index in [2.05, 4.69) is 21.7 Å². The topological polar surface area (TPSA) is 44.0 Å². The van der Waals surface area contributed by atoms with Crippen molar-refractivity contribution in [1.82, 2.24) is 14.8 Å². The second-order valence-corrected chi connectivity index (χ2v) is 5.26. The Kier molecular flexibility index (Phi) is 2.76. The molecule has 1 aromatic heterocycles. The highest BCUT2D eigenvalue weighted by atomic mass is 15.3. The summed E-state index contributed by atoms with van der Waals surface area (Å²) in [6, 6.07) is 5.79. The molecule has 0 aromatic carbocycles. The summed E-state index contributed by atoms with van der Waals surface area (Å²) in [6.07, 6.45) is 2.31. The largest absolute Gasteiger partial charge is 0.318 e. The molecule has 4 heteroatoms. The number of nitrogens with zero attached hydrogens (tertiary/aromatic N) is 2. The maximum absolute atomic E-state index is 7.95. The van der Waals surface area contributed by atoms with Crippen molar-refractivity contribution < 1.29 is 0 Å². The molecule has 2 saturated heterocycles. The van der Waals surface area contributed by atoms with E-state index in [1.807, 2.05) is 24.4 Å². The highest BCUT2D eigenvalue weighted by Crippen LogP contribution is 2.29. The molecule has 3 unspecified atom stereocenters. The van der Waals surface area contributed by atoms with Gasteiger partial charge in [-0.25, -0.2) is 0 Å². The average molecular weight is 232 g/mol. The molecule has 2 aliphatic heterocycles. The van der Waals surface area contributed by atoms with Gasteiger partial charge in [-0.3, -0.25) is 10.3 Å². The fourth-order valence-corrected chi connectivity index (χ4v) is 3.15. The van der Waals surface area contributed by atoms with Crippen molar-refractivity contribution in [1.29, 1.82) is 5.41 Å². The van der Waals surface area contributed by atoms with Gasteiger partial charge in [0.1, 0.15) is 5.49 Å². The van der Waals surface area contributed by atoms with Crippen molar-refractivity contribution in [3.8, 4) is 0 Å². The molecule has 0 amide bonds. The first kappa shape index (κ1) is 11.0. The third kappa shape index (κ3) is 1.91. The van der Waals surface area contributed by atoms with E-state index in [4.69, 9.17) is 5.41 Å². The van der Waals surface area contributed by atoms with Gasteiger partial charge >= 0.3 is 0 Å². The average Bonchev–Trinajstić information content (AvgIpc) is 2.88. The molecule has 2 N–H and O–H groups in total. The van der Waals surface area contributed by atoms with Gasteiger partial charge in [-0.2, -0.15) is 0 Å². The Morgan fingerprint density at radius 3 is 2.65 bits per heavy atom. The molecule has 92 valence electrons. The standard InChI is InChI=1S/C13H20N4/c1-10(17-5-3-2-4-13(17)14)16-8-11-6-15-7-12(11)9-16/h2-5,10-12,14-15H,6-9H2,1H3. The molecule has 17 heavy (non-hydrogen) atoms. The number of rotatable bonds is 2. The summed E-state index contributed by atoms with van der Waals surface area (Å²) < 4.78 is 2.05. The van der Waals surface area contributed by atoms with Crippen molar-refractivity contribution >= 4 is 0 Å². The monoisotopic (exact) mass is 232 g/mol. The maximum atomic E-state index is 7.95. The molecule has 0 spiro atoms. The van der Waals surface area contributed by atoms with Crippen LogP contribution in [-0.2, 0) is 0 Å². The first-order valence-electron chi connectivity index (χ1n) is 6.42. The van der Waals surface area contributed by atoms with Crippen molar-refractivity contribution in [2.24, 2.45) is 11.8 Å². The summed E-state index contributed by atoms with van der Waals surface area (Å²) in [5, 5.41) is 11.4. The van der Waals surface area contributed by atoms with E-state index in [0.29, 0.717) is 11.7 Å². The van der Waals surface area contributed by atoms with Crippen molar-refractivity contribution in [3.63, 3.8) is 0 Å². The van der Waals surface area contributed by atoms with Crippen LogP contribution in [0, 0.1) is 17.2 Å². The van der Waals surface area contributed by atoms with E-state index in [1.165, 1.54) is 26.2 Å². The Morgan fingerprint density at radius 1 is 1.29 bits per heavy atom. The Balaban J connectivity index is 1.78. The van der Waals surface area contributed by atoms with Crippen LogP contribution in [0.3, 0.4) is 0 Å². The predicted molar refractivity (Wildman–Crippen MR) is 66.4 cm³/mol. The molecule has 0 saturated carbocycles. The zero-order valence-corrected chi connectivity index (χ0v) is 10.3. The van der Waals surface area contributed by atoms with Gasteiger partial charge in [-0.1, -0.05) is 6.07 Å². The zero-order valence-electron chi connectivity index (χ0n) is 10.3. The molecular weight excluding hydrogens is 212 g/mol. The Hall–Kier alpha value is -1.13. The van der Waals surface area contributed by atoms with E-state index < -0.39 is 0 Å². The second kappa shape index (κ2) is 4.27. The molecule has 0 bridgehead atoms. The minimum absolute atomic E-state index is 0.300. The lowest BCUT2D eigenvalue weighted by atomic mass is 10.0. The van der Waals surface area contributed by atoms with Gasteiger partial charge in [0.15, 0.2) is 0 Å². The number of likely N-dealkylation sites (tertiary alicyclic amines) is 1. The third-order valence-electron chi connectivity index (χ3n) is 4.24. The lowest BCUT2D eigenvalue weighted by molar-refractivity contribution is 0.175. The quantitative estimate of drug-likeness (QED) is 0.786. The van der Waals surface area contributed by atoms with Gasteiger partial charge in [-0.05, 0) is 44.0 Å². The van der Waals surface area contributed by atoms with Gasteiger partial charge in [0.2, 0.25) is 0 Å². The molecule has 3 atom stereocenters. The molecule has 4 nitrogen and oxygen atoms in total. The third-order valence-corrected chi connectivity index (χ3v) is 4.24. The lowest BCUT2D eigenvalue weighted by Crippen LogP contribution is -2.36. The van der Waals surface area contributed by atoms with Gasteiger partial charge in [0, 0.05) is 19.3 Å². The van der Waals surface area contributed by atoms with Gasteiger partial charge < -0.3 is 9.88 Å². The smallest absolute Gasteiger partial charge is 0.125 e. The summed E-state index contributed by atoms with van der Waals surface area (Å²) in [6.45, 7) is 6.87. The summed E-state index contributed by atoms with van der Waals surface area (Å²) in [4.78, 5) is 2.51. The Morgan fingerprint density at radius 2 is 2.00 bits per heavy atom. The minimum atomic E-state index is 0.300. The number of pyridine rings is 1. The summed E-state index contributed by atoms with van der Waals surface area (Å²) in [5.74, 6) is 1.63. The van der Waals surface area contributed by atoms with E-state index in [9.17, 15) is 0 Å². The van der Waals surface area contributed by atoms with Crippen molar-refractivity contribution in [2.45, 2.75) is 13.1 Å². The number of hydrogen-bond acceptors (Lipinski definition) is 3. The van der Waals surface area contributed by atoms with E-state index in [1.54, 1.807) is 0 Å². The lowest BCUT2D eigenvalue weighted by Gasteiger charge is -2.27.